The highest BCUT2D eigenvalue weighted by Gasteiger charge is 1.97. The van der Waals surface area contributed by atoms with E-state index < -0.39 is 0 Å². The molecular formula is C13H11ClOS. The van der Waals surface area contributed by atoms with E-state index in [1.807, 2.05) is 36.4 Å². The standard InChI is InChI=1S/C13H11ClOS/c1-10-2-8-13(9-3-10)16-15-12-6-4-11(14)5-7-12/h2-9H,1H3. The van der Waals surface area contributed by atoms with Crippen molar-refractivity contribution in [2.24, 2.45) is 0 Å². The van der Waals surface area contributed by atoms with Crippen LogP contribution >= 0.6 is 23.6 Å². The van der Waals surface area contributed by atoms with Crippen molar-refractivity contribution in [2.45, 2.75) is 11.8 Å². The van der Waals surface area contributed by atoms with Gasteiger partial charge in [-0.15, -0.1) is 0 Å². The zero-order valence-corrected chi connectivity index (χ0v) is 10.4. The maximum atomic E-state index is 5.78. The molecule has 16 heavy (non-hydrogen) atoms. The summed E-state index contributed by atoms with van der Waals surface area (Å²) in [5.74, 6) is 0.801. The second-order valence-electron chi connectivity index (χ2n) is 3.43. The Morgan fingerprint density at radius 3 is 2.19 bits per heavy atom. The van der Waals surface area contributed by atoms with Crippen LogP contribution in [-0.2, 0) is 0 Å². The van der Waals surface area contributed by atoms with Crippen LogP contribution in [0.4, 0.5) is 0 Å². The Morgan fingerprint density at radius 1 is 0.938 bits per heavy atom. The molecule has 0 heterocycles. The Morgan fingerprint density at radius 2 is 1.56 bits per heavy atom. The molecule has 0 saturated carbocycles. The van der Waals surface area contributed by atoms with Gasteiger partial charge in [0.1, 0.15) is 5.75 Å². The smallest absolute Gasteiger partial charge is 0.137 e. The predicted molar refractivity (Wildman–Crippen MR) is 69.1 cm³/mol. The van der Waals surface area contributed by atoms with E-state index in [2.05, 4.69) is 19.1 Å². The zero-order valence-electron chi connectivity index (χ0n) is 8.81. The second-order valence-corrected chi connectivity index (χ2v) is 4.67. The molecule has 82 valence electrons. The lowest BCUT2D eigenvalue weighted by atomic mass is 10.2. The fraction of sp³-hybridized carbons (Fsp3) is 0.0769. The average Bonchev–Trinajstić information content (AvgIpc) is 2.30. The molecule has 0 saturated heterocycles. The van der Waals surface area contributed by atoms with E-state index in [4.69, 9.17) is 15.8 Å². The van der Waals surface area contributed by atoms with E-state index in [-0.39, 0.29) is 0 Å². The molecule has 0 unspecified atom stereocenters. The molecule has 0 atom stereocenters. The van der Waals surface area contributed by atoms with Crippen molar-refractivity contribution in [3.63, 3.8) is 0 Å². The minimum absolute atomic E-state index is 0.715. The fourth-order valence-electron chi connectivity index (χ4n) is 1.18. The van der Waals surface area contributed by atoms with Crippen LogP contribution in [0.3, 0.4) is 0 Å². The van der Waals surface area contributed by atoms with E-state index in [0.717, 1.165) is 10.6 Å². The molecule has 0 radical (unpaired) electrons. The first-order valence-corrected chi connectivity index (χ1v) is 6.03. The first-order valence-electron chi connectivity index (χ1n) is 4.91. The van der Waals surface area contributed by atoms with Crippen LogP contribution in [-0.4, -0.2) is 0 Å². The fourth-order valence-corrected chi connectivity index (χ4v) is 1.86. The van der Waals surface area contributed by atoms with Crippen LogP contribution in [0.2, 0.25) is 5.02 Å². The summed E-state index contributed by atoms with van der Waals surface area (Å²) in [6, 6.07) is 15.5. The summed E-state index contributed by atoms with van der Waals surface area (Å²) in [6.07, 6.45) is 0. The molecule has 2 rings (SSSR count). The number of hydrogen-bond acceptors (Lipinski definition) is 2. The van der Waals surface area contributed by atoms with Gasteiger partial charge in [-0.25, -0.2) is 0 Å². The Bertz CT molecular complexity index is 405. The van der Waals surface area contributed by atoms with Gasteiger partial charge in [-0.1, -0.05) is 29.3 Å². The first-order chi connectivity index (χ1) is 7.74. The van der Waals surface area contributed by atoms with Gasteiger partial charge < -0.3 is 4.18 Å². The van der Waals surface area contributed by atoms with Crippen molar-refractivity contribution in [3.8, 4) is 5.75 Å². The van der Waals surface area contributed by atoms with Crippen LogP contribution in [0.15, 0.2) is 53.4 Å². The number of rotatable bonds is 3. The van der Waals surface area contributed by atoms with Crippen molar-refractivity contribution in [3.05, 3.63) is 59.1 Å². The third-order valence-electron chi connectivity index (χ3n) is 2.07. The largest absolute Gasteiger partial charge is 0.421 e. The van der Waals surface area contributed by atoms with Gasteiger partial charge in [-0.05, 0) is 43.3 Å². The van der Waals surface area contributed by atoms with Gasteiger partial charge in [-0.3, -0.25) is 0 Å². The van der Waals surface area contributed by atoms with Crippen molar-refractivity contribution in [1.82, 2.24) is 0 Å². The Kier molecular flexibility index (Phi) is 3.75. The van der Waals surface area contributed by atoms with Gasteiger partial charge in [0.25, 0.3) is 0 Å². The monoisotopic (exact) mass is 250 g/mol. The summed E-state index contributed by atoms with van der Waals surface area (Å²) in [4.78, 5) is 1.08. The van der Waals surface area contributed by atoms with E-state index in [1.165, 1.54) is 17.6 Å². The Labute approximate surface area is 105 Å². The first kappa shape index (κ1) is 11.4. The molecule has 0 fully saturated rings. The molecule has 0 aliphatic heterocycles. The van der Waals surface area contributed by atoms with Crippen molar-refractivity contribution in [2.75, 3.05) is 0 Å². The molecule has 0 spiro atoms. The van der Waals surface area contributed by atoms with Crippen molar-refractivity contribution >= 4 is 23.6 Å². The van der Waals surface area contributed by atoms with Gasteiger partial charge in [-0.2, -0.15) is 0 Å². The van der Waals surface area contributed by atoms with Crippen molar-refractivity contribution < 1.29 is 4.18 Å². The summed E-state index contributed by atoms with van der Waals surface area (Å²) in [5.41, 5.74) is 1.25. The molecule has 2 aromatic carbocycles. The van der Waals surface area contributed by atoms with E-state index in [0.29, 0.717) is 5.02 Å². The minimum Gasteiger partial charge on any atom is -0.421 e. The molecule has 0 amide bonds. The predicted octanol–water partition coefficient (Wildman–Crippen LogP) is 4.73. The Balaban J connectivity index is 1.97. The van der Waals surface area contributed by atoms with Crippen LogP contribution in [0.25, 0.3) is 0 Å². The zero-order chi connectivity index (χ0) is 11.4. The highest BCUT2D eigenvalue weighted by molar-refractivity contribution is 7.95. The maximum Gasteiger partial charge on any atom is 0.137 e. The third kappa shape index (κ3) is 3.19. The normalized spacial score (nSPS) is 10.1. The van der Waals surface area contributed by atoms with Gasteiger partial charge in [0.15, 0.2) is 0 Å². The topological polar surface area (TPSA) is 9.23 Å². The summed E-state index contributed by atoms with van der Waals surface area (Å²) < 4.78 is 5.54. The third-order valence-corrected chi connectivity index (χ3v) is 3.06. The van der Waals surface area contributed by atoms with E-state index in [1.54, 1.807) is 0 Å². The summed E-state index contributed by atoms with van der Waals surface area (Å²) >= 11 is 7.13. The molecule has 2 aromatic rings. The van der Waals surface area contributed by atoms with Crippen LogP contribution in [0.5, 0.6) is 5.75 Å². The van der Waals surface area contributed by atoms with E-state index in [9.17, 15) is 0 Å². The van der Waals surface area contributed by atoms with Gasteiger partial charge in [0, 0.05) is 9.92 Å². The summed E-state index contributed by atoms with van der Waals surface area (Å²) in [5, 5.41) is 0.715. The lowest BCUT2D eigenvalue weighted by Crippen LogP contribution is -1.81. The number of hydrogen-bond donors (Lipinski definition) is 0. The number of aryl methyl sites for hydroxylation is 1. The van der Waals surface area contributed by atoms with E-state index >= 15 is 0 Å². The minimum atomic E-state index is 0.715. The molecule has 0 aromatic heterocycles. The SMILES string of the molecule is Cc1ccc(SOc2ccc(Cl)cc2)cc1. The molecule has 0 N–H and O–H groups in total. The second kappa shape index (κ2) is 5.28. The lowest BCUT2D eigenvalue weighted by Gasteiger charge is -2.04. The van der Waals surface area contributed by atoms with Crippen LogP contribution in [0, 0.1) is 6.92 Å². The molecule has 3 heteroatoms. The van der Waals surface area contributed by atoms with Crippen LogP contribution in [0.1, 0.15) is 5.56 Å². The van der Waals surface area contributed by atoms with Gasteiger partial charge in [0.2, 0.25) is 0 Å². The van der Waals surface area contributed by atoms with Gasteiger partial charge >= 0.3 is 0 Å². The molecule has 1 nitrogen and oxygen atoms in total. The number of benzene rings is 2. The molecule has 0 bridgehead atoms. The number of halogens is 1. The maximum absolute atomic E-state index is 5.78. The highest BCUT2D eigenvalue weighted by atomic mass is 35.5. The summed E-state index contributed by atoms with van der Waals surface area (Å²) in [6.45, 7) is 2.06. The molecular weight excluding hydrogens is 240 g/mol. The molecule has 0 aliphatic carbocycles. The Hall–Kier alpha value is -1.12. The van der Waals surface area contributed by atoms with Gasteiger partial charge in [0.05, 0.1) is 12.0 Å². The highest BCUT2D eigenvalue weighted by Crippen LogP contribution is 2.24. The lowest BCUT2D eigenvalue weighted by molar-refractivity contribution is 0.646. The quantitative estimate of drug-likeness (QED) is 0.728. The van der Waals surface area contributed by atoms with Crippen molar-refractivity contribution in [1.29, 1.82) is 0 Å². The average molecular weight is 251 g/mol. The summed E-state index contributed by atoms with van der Waals surface area (Å²) in [7, 11) is 0. The molecule has 0 aliphatic rings. The van der Waals surface area contributed by atoms with Crippen LogP contribution < -0.4 is 4.18 Å².